The van der Waals surface area contributed by atoms with Crippen molar-refractivity contribution in [1.82, 2.24) is 4.98 Å². The van der Waals surface area contributed by atoms with E-state index in [4.69, 9.17) is 16.3 Å². The summed E-state index contributed by atoms with van der Waals surface area (Å²) < 4.78 is 5.60. The van der Waals surface area contributed by atoms with Gasteiger partial charge in [-0.25, -0.2) is 4.98 Å². The summed E-state index contributed by atoms with van der Waals surface area (Å²) in [6.07, 6.45) is 1.65. The van der Waals surface area contributed by atoms with Crippen LogP contribution >= 0.6 is 11.6 Å². The van der Waals surface area contributed by atoms with Crippen molar-refractivity contribution >= 4 is 29.0 Å². The number of benzene rings is 2. The van der Waals surface area contributed by atoms with Gasteiger partial charge in [-0.2, -0.15) is 0 Å². The van der Waals surface area contributed by atoms with Crippen molar-refractivity contribution in [1.29, 1.82) is 0 Å². The molecule has 1 heterocycles. The summed E-state index contributed by atoms with van der Waals surface area (Å²) in [6, 6.07) is 18.4. The van der Waals surface area contributed by atoms with Gasteiger partial charge in [-0.3, -0.25) is 4.79 Å². The molecule has 0 saturated carbocycles. The summed E-state index contributed by atoms with van der Waals surface area (Å²) >= 11 is 6.15. The molecule has 3 rings (SSSR count). The van der Waals surface area contributed by atoms with E-state index in [-0.39, 0.29) is 12.0 Å². The first kappa shape index (κ1) is 19.7. The Labute approximate surface area is 169 Å². The third kappa shape index (κ3) is 5.47. The summed E-state index contributed by atoms with van der Waals surface area (Å²) in [6.45, 7) is 4.49. The van der Waals surface area contributed by atoms with E-state index >= 15 is 0 Å². The molecular weight excluding hydrogens is 374 g/mol. The molecule has 6 heteroatoms. The largest absolute Gasteiger partial charge is 0.491 e. The van der Waals surface area contributed by atoms with Gasteiger partial charge in [0.25, 0.3) is 5.91 Å². The molecular formula is C22H22ClN3O2. The molecule has 28 heavy (non-hydrogen) atoms. The van der Waals surface area contributed by atoms with Crippen molar-refractivity contribution < 1.29 is 9.53 Å². The molecule has 0 saturated heterocycles. The predicted molar refractivity (Wildman–Crippen MR) is 113 cm³/mol. The first-order chi connectivity index (χ1) is 13.5. The zero-order valence-electron chi connectivity index (χ0n) is 15.8. The van der Waals surface area contributed by atoms with E-state index in [0.29, 0.717) is 28.6 Å². The molecule has 1 amide bonds. The molecule has 0 radical (unpaired) electrons. The van der Waals surface area contributed by atoms with Crippen LogP contribution in [0.15, 0.2) is 66.9 Å². The average Bonchev–Trinajstić information content (AvgIpc) is 2.69. The highest BCUT2D eigenvalue weighted by Gasteiger charge is 2.08. The third-order valence-corrected chi connectivity index (χ3v) is 4.30. The minimum Gasteiger partial charge on any atom is -0.491 e. The van der Waals surface area contributed by atoms with Crippen LogP contribution in [-0.2, 0) is 6.54 Å². The maximum absolute atomic E-state index is 12.4. The SMILES string of the molecule is CC(C)Oc1ccc(NC(=O)c2ccc(NCc3ccccc3Cl)nc2)cc1. The normalized spacial score (nSPS) is 10.6. The molecule has 0 fully saturated rings. The summed E-state index contributed by atoms with van der Waals surface area (Å²) in [7, 11) is 0. The standard InChI is InChI=1S/C22H22ClN3O2/c1-15(2)28-19-10-8-18(9-11-19)26-22(27)17-7-12-21(25-14-17)24-13-16-5-3-4-6-20(16)23/h3-12,14-15H,13H2,1-2H3,(H,24,25)(H,26,27). The highest BCUT2D eigenvalue weighted by Crippen LogP contribution is 2.19. The zero-order valence-corrected chi connectivity index (χ0v) is 16.5. The first-order valence-electron chi connectivity index (χ1n) is 9.02. The van der Waals surface area contributed by atoms with Gasteiger partial charge in [0.15, 0.2) is 0 Å². The zero-order chi connectivity index (χ0) is 19.9. The molecule has 3 aromatic rings. The molecule has 0 aliphatic rings. The third-order valence-electron chi connectivity index (χ3n) is 3.93. The van der Waals surface area contributed by atoms with Crippen molar-refractivity contribution in [2.24, 2.45) is 0 Å². The van der Waals surface area contributed by atoms with Crippen molar-refractivity contribution in [3.05, 3.63) is 83.0 Å². The van der Waals surface area contributed by atoms with Crippen LogP contribution in [-0.4, -0.2) is 17.0 Å². The van der Waals surface area contributed by atoms with Gasteiger partial charge in [-0.05, 0) is 61.9 Å². The second-order valence-corrected chi connectivity index (χ2v) is 6.93. The molecule has 0 unspecified atom stereocenters. The number of pyridine rings is 1. The van der Waals surface area contributed by atoms with Crippen LogP contribution < -0.4 is 15.4 Å². The van der Waals surface area contributed by atoms with Gasteiger partial charge in [-0.15, -0.1) is 0 Å². The van der Waals surface area contributed by atoms with Crippen LogP contribution in [0.4, 0.5) is 11.5 Å². The number of ether oxygens (including phenoxy) is 1. The van der Waals surface area contributed by atoms with Crippen LogP contribution in [0.3, 0.4) is 0 Å². The number of carbonyl (C=O) groups excluding carboxylic acids is 1. The Morgan fingerprint density at radius 2 is 1.82 bits per heavy atom. The quantitative estimate of drug-likeness (QED) is 0.563. The number of halogens is 1. The summed E-state index contributed by atoms with van der Waals surface area (Å²) in [5.74, 6) is 1.22. The van der Waals surface area contributed by atoms with Crippen molar-refractivity contribution in [2.45, 2.75) is 26.5 Å². The smallest absolute Gasteiger partial charge is 0.257 e. The number of hydrogen-bond donors (Lipinski definition) is 2. The molecule has 144 valence electrons. The average molecular weight is 396 g/mol. The van der Waals surface area contributed by atoms with Gasteiger partial charge in [0.05, 0.1) is 11.7 Å². The number of amides is 1. The molecule has 0 aliphatic heterocycles. The van der Waals surface area contributed by atoms with E-state index in [2.05, 4.69) is 15.6 Å². The molecule has 0 atom stereocenters. The summed E-state index contributed by atoms with van der Waals surface area (Å²) in [4.78, 5) is 16.7. The molecule has 2 aromatic carbocycles. The van der Waals surface area contributed by atoms with E-state index in [9.17, 15) is 4.79 Å². The second-order valence-electron chi connectivity index (χ2n) is 6.52. The lowest BCUT2D eigenvalue weighted by Crippen LogP contribution is -2.12. The number of rotatable bonds is 7. The van der Waals surface area contributed by atoms with E-state index in [0.717, 1.165) is 11.3 Å². The first-order valence-corrected chi connectivity index (χ1v) is 9.40. The Hall–Kier alpha value is -3.05. The number of carbonyl (C=O) groups is 1. The van der Waals surface area contributed by atoms with Crippen LogP contribution in [0.1, 0.15) is 29.8 Å². The van der Waals surface area contributed by atoms with Gasteiger partial charge in [-0.1, -0.05) is 29.8 Å². The number of nitrogens with zero attached hydrogens (tertiary/aromatic N) is 1. The van der Waals surface area contributed by atoms with Gasteiger partial charge in [0, 0.05) is 23.5 Å². The molecule has 5 nitrogen and oxygen atoms in total. The van der Waals surface area contributed by atoms with E-state index in [1.807, 2.05) is 62.4 Å². The fraction of sp³-hybridized carbons (Fsp3) is 0.182. The van der Waals surface area contributed by atoms with Crippen LogP contribution in [0.5, 0.6) is 5.75 Å². The Bertz CT molecular complexity index is 925. The minimum atomic E-state index is -0.220. The fourth-order valence-electron chi connectivity index (χ4n) is 2.55. The lowest BCUT2D eigenvalue weighted by molar-refractivity contribution is 0.102. The molecule has 0 spiro atoms. The van der Waals surface area contributed by atoms with Crippen molar-refractivity contribution in [3.8, 4) is 5.75 Å². The van der Waals surface area contributed by atoms with E-state index in [1.165, 1.54) is 0 Å². The number of nitrogens with one attached hydrogen (secondary N) is 2. The highest BCUT2D eigenvalue weighted by atomic mass is 35.5. The fourth-order valence-corrected chi connectivity index (χ4v) is 2.76. The maximum atomic E-state index is 12.4. The van der Waals surface area contributed by atoms with Gasteiger partial charge < -0.3 is 15.4 Å². The van der Waals surface area contributed by atoms with Gasteiger partial charge >= 0.3 is 0 Å². The summed E-state index contributed by atoms with van der Waals surface area (Å²) in [5.41, 5.74) is 2.16. The number of hydrogen-bond acceptors (Lipinski definition) is 4. The molecule has 0 bridgehead atoms. The van der Waals surface area contributed by atoms with E-state index < -0.39 is 0 Å². The Balaban J connectivity index is 1.56. The van der Waals surface area contributed by atoms with Crippen LogP contribution in [0.2, 0.25) is 5.02 Å². The Morgan fingerprint density at radius 1 is 1.07 bits per heavy atom. The molecule has 1 aromatic heterocycles. The van der Waals surface area contributed by atoms with Gasteiger partial charge in [0.1, 0.15) is 11.6 Å². The van der Waals surface area contributed by atoms with Crippen LogP contribution in [0.25, 0.3) is 0 Å². The van der Waals surface area contributed by atoms with Crippen molar-refractivity contribution in [3.63, 3.8) is 0 Å². The van der Waals surface area contributed by atoms with Gasteiger partial charge in [0.2, 0.25) is 0 Å². The lowest BCUT2D eigenvalue weighted by atomic mass is 10.2. The maximum Gasteiger partial charge on any atom is 0.257 e. The van der Waals surface area contributed by atoms with E-state index in [1.54, 1.807) is 18.3 Å². The second kappa shape index (κ2) is 9.24. The topological polar surface area (TPSA) is 63.2 Å². The number of anilines is 2. The molecule has 0 aliphatic carbocycles. The lowest BCUT2D eigenvalue weighted by Gasteiger charge is -2.11. The Morgan fingerprint density at radius 3 is 2.46 bits per heavy atom. The predicted octanol–water partition coefficient (Wildman–Crippen LogP) is 5.39. The van der Waals surface area contributed by atoms with Crippen LogP contribution in [0, 0.1) is 0 Å². The molecule has 2 N–H and O–H groups in total. The number of aromatic nitrogens is 1. The highest BCUT2D eigenvalue weighted by molar-refractivity contribution is 6.31. The minimum absolute atomic E-state index is 0.108. The summed E-state index contributed by atoms with van der Waals surface area (Å²) in [5, 5.41) is 6.75. The Kier molecular flexibility index (Phi) is 6.50. The van der Waals surface area contributed by atoms with Crippen molar-refractivity contribution in [2.75, 3.05) is 10.6 Å². The monoisotopic (exact) mass is 395 g/mol.